The summed E-state index contributed by atoms with van der Waals surface area (Å²) >= 11 is 3.34. The molecule has 0 heterocycles. The number of nitriles is 1. The Morgan fingerprint density at radius 2 is 1.75 bits per heavy atom. The number of halogens is 2. The van der Waals surface area contributed by atoms with E-state index in [0.29, 0.717) is 5.56 Å². The lowest BCUT2D eigenvalue weighted by atomic mass is 10.0. The zero-order valence-electron chi connectivity index (χ0n) is 8.24. The van der Waals surface area contributed by atoms with Gasteiger partial charge < -0.3 is 0 Å². The van der Waals surface area contributed by atoms with E-state index in [2.05, 4.69) is 15.9 Å². The van der Waals surface area contributed by atoms with Gasteiger partial charge in [-0.3, -0.25) is 0 Å². The number of hydrogen-bond donors (Lipinski definition) is 0. The second-order valence-corrected chi connectivity index (χ2v) is 4.22. The van der Waals surface area contributed by atoms with Crippen LogP contribution in [0, 0.1) is 17.1 Å². The summed E-state index contributed by atoms with van der Waals surface area (Å²) in [6.45, 7) is 0. The monoisotopic (exact) mass is 275 g/mol. The van der Waals surface area contributed by atoms with Crippen molar-refractivity contribution in [3.05, 3.63) is 58.3 Å². The van der Waals surface area contributed by atoms with Crippen LogP contribution in [-0.2, 0) is 0 Å². The average molecular weight is 276 g/mol. The Morgan fingerprint density at radius 1 is 1.06 bits per heavy atom. The second kappa shape index (κ2) is 4.46. The summed E-state index contributed by atoms with van der Waals surface area (Å²) in [6, 6.07) is 13.8. The van der Waals surface area contributed by atoms with E-state index in [1.54, 1.807) is 6.07 Å². The van der Waals surface area contributed by atoms with Gasteiger partial charge in [0, 0.05) is 4.47 Å². The zero-order valence-corrected chi connectivity index (χ0v) is 9.83. The largest absolute Gasteiger partial charge is 0.207 e. The molecule has 2 aromatic rings. The summed E-state index contributed by atoms with van der Waals surface area (Å²) in [5.41, 5.74) is 2.00. The predicted molar refractivity (Wildman–Crippen MR) is 64.3 cm³/mol. The second-order valence-electron chi connectivity index (χ2n) is 3.31. The fourth-order valence-corrected chi connectivity index (χ4v) is 1.75. The Morgan fingerprint density at radius 3 is 2.38 bits per heavy atom. The molecule has 3 heteroatoms. The van der Waals surface area contributed by atoms with E-state index < -0.39 is 5.82 Å². The molecule has 0 unspecified atom stereocenters. The quantitative estimate of drug-likeness (QED) is 0.768. The van der Waals surface area contributed by atoms with Crippen molar-refractivity contribution >= 4 is 15.9 Å². The van der Waals surface area contributed by atoms with E-state index in [4.69, 9.17) is 5.26 Å². The molecule has 0 aliphatic carbocycles. The molecule has 0 bridgehead atoms. The van der Waals surface area contributed by atoms with Crippen LogP contribution in [0.3, 0.4) is 0 Å². The van der Waals surface area contributed by atoms with Gasteiger partial charge in [0.15, 0.2) is 0 Å². The zero-order chi connectivity index (χ0) is 11.5. The van der Waals surface area contributed by atoms with Crippen molar-refractivity contribution in [3.8, 4) is 17.2 Å². The molecule has 2 aromatic carbocycles. The molecular formula is C13H7BrFN. The topological polar surface area (TPSA) is 23.8 Å². The SMILES string of the molecule is N#Cc1cc(F)ccc1-c1ccc(Br)cc1. The number of hydrogen-bond acceptors (Lipinski definition) is 1. The Kier molecular flexibility index (Phi) is 3.02. The van der Waals surface area contributed by atoms with Crippen LogP contribution in [0.1, 0.15) is 5.56 Å². The van der Waals surface area contributed by atoms with Crippen LogP contribution >= 0.6 is 15.9 Å². The minimum Gasteiger partial charge on any atom is -0.207 e. The average Bonchev–Trinajstić information content (AvgIpc) is 2.30. The van der Waals surface area contributed by atoms with E-state index in [1.165, 1.54) is 12.1 Å². The van der Waals surface area contributed by atoms with E-state index in [-0.39, 0.29) is 0 Å². The van der Waals surface area contributed by atoms with Gasteiger partial charge in [0.1, 0.15) is 5.82 Å². The molecule has 0 atom stereocenters. The summed E-state index contributed by atoms with van der Waals surface area (Å²) in [6.07, 6.45) is 0. The van der Waals surface area contributed by atoms with E-state index in [9.17, 15) is 4.39 Å². The molecule has 0 saturated carbocycles. The van der Waals surface area contributed by atoms with Crippen molar-refractivity contribution in [3.63, 3.8) is 0 Å². The summed E-state index contributed by atoms with van der Waals surface area (Å²) in [4.78, 5) is 0. The summed E-state index contributed by atoms with van der Waals surface area (Å²) in [7, 11) is 0. The van der Waals surface area contributed by atoms with Gasteiger partial charge in [-0.05, 0) is 35.4 Å². The van der Waals surface area contributed by atoms with Crippen molar-refractivity contribution in [2.75, 3.05) is 0 Å². The summed E-state index contributed by atoms with van der Waals surface area (Å²) in [5.74, 6) is -0.391. The Hall–Kier alpha value is -1.66. The predicted octanol–water partition coefficient (Wildman–Crippen LogP) is 4.13. The van der Waals surface area contributed by atoms with E-state index in [1.807, 2.05) is 30.3 Å². The van der Waals surface area contributed by atoms with Crippen LogP contribution in [0.4, 0.5) is 4.39 Å². The van der Waals surface area contributed by atoms with Crippen molar-refractivity contribution < 1.29 is 4.39 Å². The molecule has 0 saturated heterocycles. The molecular weight excluding hydrogens is 269 g/mol. The molecule has 0 fully saturated rings. The van der Waals surface area contributed by atoms with Crippen molar-refractivity contribution in [2.24, 2.45) is 0 Å². The molecule has 2 rings (SSSR count). The van der Waals surface area contributed by atoms with Gasteiger partial charge in [0.25, 0.3) is 0 Å². The van der Waals surface area contributed by atoms with Gasteiger partial charge in [-0.1, -0.05) is 34.1 Å². The molecule has 0 spiro atoms. The lowest BCUT2D eigenvalue weighted by molar-refractivity contribution is 0.627. The molecule has 1 nitrogen and oxygen atoms in total. The maximum Gasteiger partial charge on any atom is 0.124 e. The molecule has 16 heavy (non-hydrogen) atoms. The first-order valence-corrected chi connectivity index (χ1v) is 5.45. The van der Waals surface area contributed by atoms with Crippen LogP contribution in [0.25, 0.3) is 11.1 Å². The highest BCUT2D eigenvalue weighted by molar-refractivity contribution is 9.10. The third kappa shape index (κ3) is 2.12. The minimum absolute atomic E-state index is 0.349. The van der Waals surface area contributed by atoms with Crippen molar-refractivity contribution in [2.45, 2.75) is 0 Å². The third-order valence-corrected chi connectivity index (χ3v) is 2.79. The summed E-state index contributed by atoms with van der Waals surface area (Å²) in [5, 5.41) is 8.93. The number of nitrogens with zero attached hydrogens (tertiary/aromatic N) is 1. The first-order valence-electron chi connectivity index (χ1n) is 4.66. The lowest BCUT2D eigenvalue weighted by Crippen LogP contribution is -1.86. The normalized spacial score (nSPS) is 9.81. The number of rotatable bonds is 1. The van der Waals surface area contributed by atoms with Crippen LogP contribution in [0.5, 0.6) is 0 Å². The summed E-state index contributed by atoms with van der Waals surface area (Å²) < 4.78 is 13.9. The maximum atomic E-state index is 13.0. The van der Waals surface area contributed by atoms with E-state index >= 15 is 0 Å². The Bertz CT molecular complexity index is 555. The fourth-order valence-electron chi connectivity index (χ4n) is 1.49. The number of benzene rings is 2. The van der Waals surface area contributed by atoms with Crippen LogP contribution in [0.2, 0.25) is 0 Å². The van der Waals surface area contributed by atoms with Gasteiger partial charge in [-0.15, -0.1) is 0 Å². The highest BCUT2D eigenvalue weighted by atomic mass is 79.9. The van der Waals surface area contributed by atoms with Gasteiger partial charge in [0.05, 0.1) is 11.6 Å². The van der Waals surface area contributed by atoms with E-state index in [0.717, 1.165) is 15.6 Å². The molecule has 0 N–H and O–H groups in total. The lowest BCUT2D eigenvalue weighted by Gasteiger charge is -2.04. The fraction of sp³-hybridized carbons (Fsp3) is 0. The van der Waals surface area contributed by atoms with Gasteiger partial charge in [-0.25, -0.2) is 4.39 Å². The smallest absolute Gasteiger partial charge is 0.124 e. The first kappa shape index (κ1) is 10.8. The standard InChI is InChI=1S/C13H7BrFN/c14-11-3-1-9(2-4-11)13-6-5-12(15)7-10(13)8-16/h1-7H. The molecule has 0 radical (unpaired) electrons. The van der Waals surface area contributed by atoms with Crippen molar-refractivity contribution in [1.82, 2.24) is 0 Å². The van der Waals surface area contributed by atoms with Gasteiger partial charge >= 0.3 is 0 Å². The minimum atomic E-state index is -0.391. The van der Waals surface area contributed by atoms with Crippen LogP contribution < -0.4 is 0 Å². The first-order chi connectivity index (χ1) is 7.70. The molecule has 0 aliphatic heterocycles. The van der Waals surface area contributed by atoms with Gasteiger partial charge in [-0.2, -0.15) is 5.26 Å². The maximum absolute atomic E-state index is 13.0. The van der Waals surface area contributed by atoms with Crippen molar-refractivity contribution in [1.29, 1.82) is 5.26 Å². The molecule has 0 amide bonds. The molecule has 0 aromatic heterocycles. The Balaban J connectivity index is 2.56. The molecule has 78 valence electrons. The van der Waals surface area contributed by atoms with Crippen LogP contribution in [-0.4, -0.2) is 0 Å². The highest BCUT2D eigenvalue weighted by Crippen LogP contribution is 2.25. The van der Waals surface area contributed by atoms with Crippen LogP contribution in [0.15, 0.2) is 46.9 Å². The van der Waals surface area contributed by atoms with Gasteiger partial charge in [0.2, 0.25) is 0 Å². The molecule has 0 aliphatic rings. The third-order valence-electron chi connectivity index (χ3n) is 2.26. The highest BCUT2D eigenvalue weighted by Gasteiger charge is 2.05. The Labute approximate surface area is 101 Å².